The van der Waals surface area contributed by atoms with E-state index in [1.165, 1.54) is 23.9 Å². The van der Waals surface area contributed by atoms with Crippen molar-refractivity contribution >= 4 is 45.5 Å². The van der Waals surface area contributed by atoms with Crippen LogP contribution >= 0.6 is 11.8 Å². The third kappa shape index (κ3) is 4.54. The minimum atomic E-state index is -0.243. The smallest absolute Gasteiger partial charge is 0.266 e. The lowest BCUT2D eigenvalue weighted by atomic mass is 10.1. The highest BCUT2D eigenvalue weighted by molar-refractivity contribution is 8.18. The molecule has 0 atom stereocenters. The summed E-state index contributed by atoms with van der Waals surface area (Å²) in [4.78, 5) is 20.6. The summed E-state index contributed by atoms with van der Waals surface area (Å²) in [5.74, 6) is -0.276. The van der Waals surface area contributed by atoms with Crippen LogP contribution in [0.3, 0.4) is 0 Å². The highest BCUT2D eigenvalue weighted by Crippen LogP contribution is 2.38. The average Bonchev–Trinajstić information content (AvgIpc) is 3.30. The monoisotopic (exact) mass is 483 g/mol. The van der Waals surface area contributed by atoms with Gasteiger partial charge in [0.1, 0.15) is 5.82 Å². The second kappa shape index (κ2) is 9.55. The van der Waals surface area contributed by atoms with E-state index in [1.807, 2.05) is 74.5 Å². The van der Waals surface area contributed by atoms with E-state index in [0.717, 1.165) is 33.4 Å². The Morgan fingerprint density at radius 3 is 2.37 bits per heavy atom. The van der Waals surface area contributed by atoms with E-state index < -0.39 is 0 Å². The van der Waals surface area contributed by atoms with Gasteiger partial charge in [-0.15, -0.1) is 0 Å². The zero-order chi connectivity index (χ0) is 24.5. The van der Waals surface area contributed by atoms with Crippen LogP contribution in [0.15, 0.2) is 88.8 Å². The number of benzene rings is 3. The van der Waals surface area contributed by atoms with Gasteiger partial charge in [-0.05, 0) is 74.5 Å². The molecule has 5 rings (SSSR count). The molecule has 4 nitrogen and oxygen atoms in total. The number of nitrogens with zero attached hydrogens (tertiary/aromatic N) is 3. The first-order valence-electron chi connectivity index (χ1n) is 11.6. The Morgan fingerprint density at radius 2 is 1.66 bits per heavy atom. The molecule has 1 aromatic heterocycles. The minimum absolute atomic E-state index is 0.00993. The Kier molecular flexibility index (Phi) is 6.31. The lowest BCUT2D eigenvalue weighted by molar-refractivity contribution is -0.123. The van der Waals surface area contributed by atoms with Gasteiger partial charge in [-0.2, -0.15) is 0 Å². The van der Waals surface area contributed by atoms with Crippen LogP contribution in [0.25, 0.3) is 17.0 Å². The van der Waals surface area contributed by atoms with Crippen molar-refractivity contribution in [3.63, 3.8) is 0 Å². The average molecular weight is 484 g/mol. The van der Waals surface area contributed by atoms with Crippen molar-refractivity contribution in [3.05, 3.63) is 106 Å². The Morgan fingerprint density at radius 1 is 0.971 bits per heavy atom. The van der Waals surface area contributed by atoms with Gasteiger partial charge in [0.2, 0.25) is 0 Å². The number of halogens is 1. The molecule has 1 aliphatic heterocycles. The van der Waals surface area contributed by atoms with Gasteiger partial charge in [-0.25, -0.2) is 9.38 Å². The summed E-state index contributed by atoms with van der Waals surface area (Å²) in [6.45, 7) is 6.69. The standard InChI is InChI=1S/C29H26FN3OS/c1-19(2)33-28(34)27(35-29(33)31-23-9-5-4-6-10-23)17-25-20(3)32(26-12-8-7-11-24(25)26)18-21-13-15-22(30)16-14-21/h4-17,19H,18H2,1-3H3/b27-17+,31-29?. The maximum Gasteiger partial charge on any atom is 0.266 e. The Balaban J connectivity index is 1.58. The number of hydrogen-bond acceptors (Lipinski definition) is 3. The van der Waals surface area contributed by atoms with E-state index in [1.54, 1.807) is 4.90 Å². The van der Waals surface area contributed by atoms with Crippen molar-refractivity contribution in [2.75, 3.05) is 0 Å². The number of carbonyl (C=O) groups is 1. The third-order valence-corrected chi connectivity index (χ3v) is 7.13. The van der Waals surface area contributed by atoms with Gasteiger partial charge in [0.05, 0.1) is 10.6 Å². The first-order valence-corrected chi connectivity index (χ1v) is 12.4. The van der Waals surface area contributed by atoms with Gasteiger partial charge >= 0.3 is 0 Å². The highest BCUT2D eigenvalue weighted by Gasteiger charge is 2.35. The van der Waals surface area contributed by atoms with Crippen LogP contribution in [0.1, 0.15) is 30.7 Å². The molecule has 6 heteroatoms. The van der Waals surface area contributed by atoms with Crippen LogP contribution in [0, 0.1) is 12.7 Å². The lowest BCUT2D eigenvalue weighted by Gasteiger charge is -2.19. The van der Waals surface area contributed by atoms with Crippen LogP contribution < -0.4 is 0 Å². The van der Waals surface area contributed by atoms with Gasteiger partial charge in [0, 0.05) is 34.7 Å². The number of amides is 1. The molecule has 35 heavy (non-hydrogen) atoms. The van der Waals surface area contributed by atoms with Crippen molar-refractivity contribution < 1.29 is 9.18 Å². The summed E-state index contributed by atoms with van der Waals surface area (Å²) < 4.78 is 15.6. The summed E-state index contributed by atoms with van der Waals surface area (Å²) in [5, 5.41) is 1.77. The topological polar surface area (TPSA) is 37.6 Å². The van der Waals surface area contributed by atoms with Crippen LogP contribution in [0.4, 0.5) is 10.1 Å². The molecule has 0 spiro atoms. The van der Waals surface area contributed by atoms with Gasteiger partial charge < -0.3 is 4.57 Å². The van der Waals surface area contributed by atoms with Gasteiger partial charge in [0.15, 0.2) is 5.17 Å². The zero-order valence-electron chi connectivity index (χ0n) is 19.9. The largest absolute Gasteiger partial charge is 0.340 e. The number of amidine groups is 1. The first-order chi connectivity index (χ1) is 16.9. The second-order valence-corrected chi connectivity index (χ2v) is 9.85. The Labute approximate surface area is 208 Å². The van der Waals surface area contributed by atoms with Crippen LogP contribution in [0.2, 0.25) is 0 Å². The highest BCUT2D eigenvalue weighted by atomic mass is 32.2. The SMILES string of the molecule is Cc1c(/C=C2/SC(=Nc3ccccc3)N(C(C)C)C2=O)c2ccccc2n1Cc1ccc(F)cc1. The molecular formula is C29H26FN3OS. The van der Waals surface area contributed by atoms with Crippen molar-refractivity contribution in [2.24, 2.45) is 4.99 Å². The molecule has 176 valence electrons. The molecule has 4 aromatic rings. The fraction of sp³-hybridized carbons (Fsp3) is 0.172. The van der Waals surface area contributed by atoms with E-state index >= 15 is 0 Å². The predicted octanol–water partition coefficient (Wildman–Crippen LogP) is 7.15. The van der Waals surface area contributed by atoms with E-state index in [4.69, 9.17) is 4.99 Å². The summed E-state index contributed by atoms with van der Waals surface area (Å²) in [5.41, 5.74) is 4.99. The van der Waals surface area contributed by atoms with Gasteiger partial charge in [-0.1, -0.05) is 48.5 Å². The first kappa shape index (κ1) is 23.1. The number of carbonyl (C=O) groups excluding carboxylic acids is 1. The molecule has 0 saturated carbocycles. The number of fused-ring (bicyclic) bond motifs is 1. The van der Waals surface area contributed by atoms with E-state index in [0.29, 0.717) is 16.6 Å². The second-order valence-electron chi connectivity index (χ2n) is 8.84. The summed E-state index contributed by atoms with van der Waals surface area (Å²) in [6, 6.07) is 24.5. The summed E-state index contributed by atoms with van der Waals surface area (Å²) >= 11 is 1.41. The molecule has 0 radical (unpaired) electrons. The zero-order valence-corrected chi connectivity index (χ0v) is 20.7. The molecule has 0 aliphatic carbocycles. The fourth-order valence-corrected chi connectivity index (χ4v) is 5.48. The van der Waals surface area contributed by atoms with E-state index in [-0.39, 0.29) is 17.8 Å². The molecule has 0 bridgehead atoms. The summed E-state index contributed by atoms with van der Waals surface area (Å²) in [6.07, 6.45) is 1.99. The van der Waals surface area contributed by atoms with Crippen molar-refractivity contribution in [1.82, 2.24) is 9.47 Å². The van der Waals surface area contributed by atoms with E-state index in [9.17, 15) is 9.18 Å². The van der Waals surface area contributed by atoms with E-state index in [2.05, 4.69) is 23.6 Å². The molecule has 1 amide bonds. The maximum atomic E-state index is 13.4. The normalized spacial score (nSPS) is 16.4. The third-order valence-electron chi connectivity index (χ3n) is 6.14. The molecular weight excluding hydrogens is 457 g/mol. The number of para-hydroxylation sites is 2. The molecule has 0 N–H and O–H groups in total. The predicted molar refractivity (Wildman–Crippen MR) is 143 cm³/mol. The lowest BCUT2D eigenvalue weighted by Crippen LogP contribution is -2.35. The molecule has 3 aromatic carbocycles. The van der Waals surface area contributed by atoms with Crippen molar-refractivity contribution in [3.8, 4) is 0 Å². The quantitative estimate of drug-likeness (QED) is 0.283. The number of hydrogen-bond donors (Lipinski definition) is 0. The molecule has 0 unspecified atom stereocenters. The molecule has 1 aliphatic rings. The minimum Gasteiger partial charge on any atom is -0.340 e. The Hall–Kier alpha value is -3.64. The van der Waals surface area contributed by atoms with Crippen LogP contribution in [0.5, 0.6) is 0 Å². The fourth-order valence-electron chi connectivity index (χ4n) is 4.38. The van der Waals surface area contributed by atoms with Gasteiger partial charge in [-0.3, -0.25) is 9.69 Å². The molecule has 1 fully saturated rings. The van der Waals surface area contributed by atoms with Crippen LogP contribution in [-0.2, 0) is 11.3 Å². The number of rotatable bonds is 5. The molecule has 1 saturated heterocycles. The molecule has 2 heterocycles. The van der Waals surface area contributed by atoms with Gasteiger partial charge in [0.25, 0.3) is 5.91 Å². The van der Waals surface area contributed by atoms with Crippen molar-refractivity contribution in [1.29, 1.82) is 0 Å². The number of aromatic nitrogens is 1. The number of aliphatic imine (C=N–C) groups is 1. The van der Waals surface area contributed by atoms with Crippen LogP contribution in [-0.4, -0.2) is 26.6 Å². The van der Waals surface area contributed by atoms with Crippen molar-refractivity contribution in [2.45, 2.75) is 33.4 Å². The Bertz CT molecular complexity index is 1450. The summed E-state index contributed by atoms with van der Waals surface area (Å²) in [7, 11) is 0. The maximum absolute atomic E-state index is 13.4. The number of thioether (sulfide) groups is 1.